The fourth-order valence-corrected chi connectivity index (χ4v) is 4.59. The predicted molar refractivity (Wildman–Crippen MR) is 125 cm³/mol. The summed E-state index contributed by atoms with van der Waals surface area (Å²) in [5.74, 6) is -0.685. The van der Waals surface area contributed by atoms with Crippen molar-refractivity contribution in [2.24, 2.45) is 0 Å². The van der Waals surface area contributed by atoms with Crippen LogP contribution in [0.1, 0.15) is 20.8 Å². The molecule has 0 fully saturated rings. The Hall–Kier alpha value is -0.213. The van der Waals surface area contributed by atoms with Gasteiger partial charge in [0.15, 0.2) is 8.32 Å². The second kappa shape index (κ2) is 9.94. The molecule has 0 unspecified atom stereocenters. The number of carbonyl (C=O) groups is 1. The number of amides is 1. The average molecular weight is 497 g/mol. The van der Waals surface area contributed by atoms with Gasteiger partial charge in [0, 0.05) is 4.90 Å². The molecular weight excluding hydrogens is 469 g/mol. The number of ether oxygens (including phenoxy) is 1. The fourth-order valence-electron chi connectivity index (χ4n) is 2.32. The summed E-state index contributed by atoms with van der Waals surface area (Å²) >= 11 is 18.6. The van der Waals surface area contributed by atoms with Gasteiger partial charge in [0.2, 0.25) is 0 Å². The summed E-state index contributed by atoms with van der Waals surface area (Å²) in [6, 6.07) is 9.39. The van der Waals surface area contributed by atoms with Crippen LogP contribution in [0.5, 0.6) is 0 Å². The number of hydrogen-bond donors (Lipinski definition) is 1. The lowest BCUT2D eigenvalue weighted by molar-refractivity contribution is -0.121. The van der Waals surface area contributed by atoms with E-state index in [1.807, 2.05) is 42.5 Å². The van der Waals surface area contributed by atoms with E-state index in [0.29, 0.717) is 6.61 Å². The third kappa shape index (κ3) is 7.45. The van der Waals surface area contributed by atoms with Gasteiger partial charge in [-0.2, -0.15) is 0 Å². The van der Waals surface area contributed by atoms with E-state index in [1.165, 1.54) is 11.8 Å². The molecule has 0 spiro atoms. The topological polar surface area (TPSA) is 47.6 Å². The number of nitrogens with one attached hydrogen (secondary N) is 1. The molecule has 3 atom stereocenters. The highest BCUT2D eigenvalue weighted by Gasteiger charge is 2.39. The molecule has 1 aliphatic rings. The van der Waals surface area contributed by atoms with E-state index in [-0.39, 0.29) is 16.6 Å². The molecule has 2 rings (SSSR count). The highest BCUT2D eigenvalue weighted by Crippen LogP contribution is 2.37. The summed E-state index contributed by atoms with van der Waals surface area (Å²) in [5, 5.41) is 2.86. The zero-order chi connectivity index (χ0) is 21.9. The van der Waals surface area contributed by atoms with Crippen LogP contribution < -0.4 is 5.32 Å². The van der Waals surface area contributed by atoms with Crippen LogP contribution in [-0.2, 0) is 14.0 Å². The fraction of sp³-hybridized carbons (Fsp3) is 0.550. The van der Waals surface area contributed by atoms with Crippen LogP contribution in [0.3, 0.4) is 0 Å². The number of hydrogen-bond acceptors (Lipinski definition) is 4. The maximum Gasteiger partial charge on any atom is 0.272 e. The Labute approximate surface area is 193 Å². The quantitative estimate of drug-likeness (QED) is 0.301. The van der Waals surface area contributed by atoms with Crippen molar-refractivity contribution >= 4 is 60.8 Å². The molecule has 1 aliphatic heterocycles. The number of benzene rings is 1. The first kappa shape index (κ1) is 25.1. The van der Waals surface area contributed by atoms with E-state index in [9.17, 15) is 4.79 Å². The third-order valence-corrected chi connectivity index (χ3v) is 11.3. The van der Waals surface area contributed by atoms with E-state index in [4.69, 9.17) is 44.0 Å². The van der Waals surface area contributed by atoms with Gasteiger partial charge in [-0.25, -0.2) is 0 Å². The minimum atomic E-state index is -2.03. The first-order valence-electron chi connectivity index (χ1n) is 9.37. The first-order chi connectivity index (χ1) is 13.3. The van der Waals surface area contributed by atoms with Crippen LogP contribution in [0, 0.1) is 0 Å². The standard InChI is InChI=1S/C20H28Cl3NO3SSi/c1-19(2,3)29(4,5)26-13-14-11-12-16(24-18(25)20(21,22)23)17(27-14)28-15-9-7-6-8-10-15/h6-12,14,16-17H,13H2,1-5H3,(H,24,25)/t14-,16-,17+/m0/s1. The highest BCUT2D eigenvalue weighted by molar-refractivity contribution is 7.99. The largest absolute Gasteiger partial charge is 0.414 e. The lowest BCUT2D eigenvalue weighted by Gasteiger charge is -2.38. The summed E-state index contributed by atoms with van der Waals surface area (Å²) in [5.41, 5.74) is -0.383. The monoisotopic (exact) mass is 495 g/mol. The van der Waals surface area contributed by atoms with Crippen molar-refractivity contribution in [2.75, 3.05) is 6.61 Å². The summed E-state index contributed by atoms with van der Waals surface area (Å²) in [7, 11) is -1.90. The molecule has 1 amide bonds. The molecule has 4 nitrogen and oxygen atoms in total. The summed E-state index contributed by atoms with van der Waals surface area (Å²) in [6.07, 6.45) is 3.57. The molecule has 1 aromatic carbocycles. The van der Waals surface area contributed by atoms with Gasteiger partial charge in [0.25, 0.3) is 9.70 Å². The van der Waals surface area contributed by atoms with Gasteiger partial charge in [-0.1, -0.05) is 97.7 Å². The van der Waals surface area contributed by atoms with Gasteiger partial charge in [-0.05, 0) is 30.3 Å². The minimum absolute atomic E-state index is 0.116. The molecule has 29 heavy (non-hydrogen) atoms. The van der Waals surface area contributed by atoms with Crippen LogP contribution in [0.25, 0.3) is 0 Å². The molecule has 162 valence electrons. The van der Waals surface area contributed by atoms with E-state index in [1.54, 1.807) is 0 Å². The zero-order valence-corrected chi connectivity index (χ0v) is 21.3. The van der Waals surface area contributed by atoms with E-state index >= 15 is 0 Å². The third-order valence-electron chi connectivity index (χ3n) is 5.10. The van der Waals surface area contributed by atoms with Crippen molar-refractivity contribution in [3.05, 3.63) is 42.5 Å². The maximum absolute atomic E-state index is 12.2. The molecule has 1 N–H and O–H groups in total. The predicted octanol–water partition coefficient (Wildman–Crippen LogP) is 5.94. The summed E-state index contributed by atoms with van der Waals surface area (Å²) in [6.45, 7) is 11.5. The lowest BCUT2D eigenvalue weighted by Crippen LogP contribution is -2.50. The van der Waals surface area contributed by atoms with Crippen LogP contribution in [0.15, 0.2) is 47.4 Å². The maximum atomic E-state index is 12.2. The lowest BCUT2D eigenvalue weighted by atomic mass is 10.2. The number of thioether (sulfide) groups is 1. The van der Waals surface area contributed by atoms with Crippen molar-refractivity contribution in [3.8, 4) is 0 Å². The normalized spacial score (nSPS) is 23.1. The van der Waals surface area contributed by atoms with Gasteiger partial charge in [0.1, 0.15) is 5.44 Å². The molecule has 0 aromatic heterocycles. The Kier molecular flexibility index (Phi) is 8.59. The first-order valence-corrected chi connectivity index (χ1v) is 14.3. The Morgan fingerprint density at radius 3 is 2.34 bits per heavy atom. The molecular formula is C20H28Cl3NO3SSi. The molecule has 1 aromatic rings. The van der Waals surface area contributed by atoms with Crippen LogP contribution in [0.2, 0.25) is 18.1 Å². The van der Waals surface area contributed by atoms with Gasteiger partial charge < -0.3 is 14.5 Å². The Morgan fingerprint density at radius 1 is 1.17 bits per heavy atom. The van der Waals surface area contributed by atoms with Crippen LogP contribution in [0.4, 0.5) is 0 Å². The van der Waals surface area contributed by atoms with Gasteiger partial charge >= 0.3 is 0 Å². The molecule has 1 heterocycles. The smallest absolute Gasteiger partial charge is 0.272 e. The number of carbonyl (C=O) groups excluding carboxylic acids is 1. The minimum Gasteiger partial charge on any atom is -0.414 e. The molecule has 0 bridgehead atoms. The van der Waals surface area contributed by atoms with Crippen molar-refractivity contribution in [3.63, 3.8) is 0 Å². The summed E-state index contributed by atoms with van der Waals surface area (Å²) < 4.78 is 10.5. The molecule has 0 saturated heterocycles. The molecule has 0 saturated carbocycles. The van der Waals surface area contributed by atoms with Crippen LogP contribution >= 0.6 is 46.6 Å². The van der Waals surface area contributed by atoms with Crippen molar-refractivity contribution in [1.82, 2.24) is 5.32 Å². The Balaban J connectivity index is 2.12. The zero-order valence-electron chi connectivity index (χ0n) is 17.2. The Bertz CT molecular complexity index is 720. The van der Waals surface area contributed by atoms with E-state index in [0.717, 1.165) is 4.90 Å². The molecule has 0 radical (unpaired) electrons. The van der Waals surface area contributed by atoms with E-state index < -0.39 is 24.1 Å². The second-order valence-corrected chi connectivity index (χ2v) is 16.7. The van der Waals surface area contributed by atoms with Crippen molar-refractivity contribution in [1.29, 1.82) is 0 Å². The molecule has 0 aliphatic carbocycles. The van der Waals surface area contributed by atoms with Crippen molar-refractivity contribution in [2.45, 2.75) is 65.2 Å². The number of alkyl halides is 3. The Morgan fingerprint density at radius 2 is 1.79 bits per heavy atom. The second-order valence-electron chi connectivity index (χ2n) is 8.43. The number of rotatable bonds is 6. The highest BCUT2D eigenvalue weighted by atomic mass is 35.6. The van der Waals surface area contributed by atoms with Gasteiger partial charge in [0.05, 0.1) is 18.8 Å². The van der Waals surface area contributed by atoms with Crippen LogP contribution in [-0.4, -0.2) is 42.2 Å². The number of halogens is 3. The summed E-state index contributed by atoms with van der Waals surface area (Å²) in [4.78, 5) is 13.2. The van der Waals surface area contributed by atoms with E-state index in [2.05, 4.69) is 39.2 Å². The van der Waals surface area contributed by atoms with Gasteiger partial charge in [-0.15, -0.1) is 0 Å². The average Bonchev–Trinajstić information content (AvgIpc) is 2.61. The van der Waals surface area contributed by atoms with Crippen molar-refractivity contribution < 1.29 is 14.0 Å². The molecule has 9 heteroatoms. The van der Waals surface area contributed by atoms with Gasteiger partial charge in [-0.3, -0.25) is 4.79 Å². The SMILES string of the molecule is CC(C)(C)[Si](C)(C)OC[C@@H]1C=C[C@H](NC(=O)C(Cl)(Cl)Cl)[C@@H](Sc2ccccc2)O1.